The largest absolute Gasteiger partial charge is 0.446 e. The van der Waals surface area contributed by atoms with E-state index in [2.05, 4.69) is 36.8 Å². The molecule has 1 N–H and O–H groups in total. The number of imidazole rings is 1. The smallest absolute Gasteiger partial charge is 0.407 e. The Hall–Kier alpha value is -3.90. The topological polar surface area (TPSA) is 86.4 Å². The minimum Gasteiger partial charge on any atom is -0.446 e. The van der Waals surface area contributed by atoms with Crippen LogP contribution in [0.3, 0.4) is 0 Å². The van der Waals surface area contributed by atoms with Crippen LogP contribution < -0.4 is 10.2 Å². The number of benzene rings is 2. The fraction of sp³-hybridized carbons (Fsp3) is 0.500. The van der Waals surface area contributed by atoms with Crippen molar-refractivity contribution in [3.8, 4) is 6.07 Å². The van der Waals surface area contributed by atoms with Gasteiger partial charge in [0, 0.05) is 68.6 Å². The van der Waals surface area contributed by atoms with Gasteiger partial charge in [0.15, 0.2) is 0 Å². The number of likely N-dealkylation sites (tertiary alicyclic amines) is 1. The van der Waals surface area contributed by atoms with E-state index in [0.29, 0.717) is 23.9 Å². The maximum absolute atomic E-state index is 14.9. The number of hydrogen-bond donors (Lipinski definition) is 1. The molecule has 226 valence electrons. The third-order valence-electron chi connectivity index (χ3n) is 10.1. The first kappa shape index (κ1) is 29.2. The van der Waals surface area contributed by atoms with Crippen molar-refractivity contribution in [3.05, 3.63) is 84.2 Å². The molecular weight excluding hydrogens is 543 g/mol. The standard InChI is InChI=1S/C34H41FN6O2/c1-37-33(42)43-32-7-3-6-31(32)34(23-40-17-14-38-24-40,28-4-2-5-29(35)18-28)27-12-15-39(16-13-27)20-26-21-41(22-26)30-10-8-25(19-36)9-11-30/h2,4-5,8-11,14,17-18,24,26-27,31-32H,3,6-7,12-13,15-16,20-23H2,1H3,(H,37,42)/t31-,32-,34?/m0/s1. The Balaban J connectivity index is 1.20. The van der Waals surface area contributed by atoms with Gasteiger partial charge in [0.05, 0.1) is 18.0 Å². The van der Waals surface area contributed by atoms with Crippen molar-refractivity contribution in [2.45, 2.75) is 50.2 Å². The summed E-state index contributed by atoms with van der Waals surface area (Å²) < 4.78 is 23.0. The summed E-state index contributed by atoms with van der Waals surface area (Å²) in [5.74, 6) is 0.747. The number of nitrogens with zero attached hydrogens (tertiary/aromatic N) is 5. The van der Waals surface area contributed by atoms with Crippen molar-refractivity contribution in [1.29, 1.82) is 5.26 Å². The first-order valence-electron chi connectivity index (χ1n) is 15.6. The highest BCUT2D eigenvalue weighted by atomic mass is 19.1. The number of rotatable bonds is 9. The van der Waals surface area contributed by atoms with Crippen LogP contribution in [0.4, 0.5) is 14.9 Å². The number of amides is 1. The van der Waals surface area contributed by atoms with Crippen molar-refractivity contribution in [1.82, 2.24) is 19.8 Å². The third kappa shape index (κ3) is 6.12. The van der Waals surface area contributed by atoms with Crippen LogP contribution in [0.15, 0.2) is 67.3 Å². The van der Waals surface area contributed by atoms with E-state index in [-0.39, 0.29) is 17.8 Å². The molecule has 1 aliphatic carbocycles. The van der Waals surface area contributed by atoms with Crippen molar-refractivity contribution < 1.29 is 13.9 Å². The Kier molecular flexibility index (Phi) is 8.66. The predicted octanol–water partition coefficient (Wildman–Crippen LogP) is 5.20. The molecule has 1 unspecified atom stereocenters. The minimum atomic E-state index is -0.410. The van der Waals surface area contributed by atoms with Crippen LogP contribution in [0.5, 0.6) is 0 Å². The van der Waals surface area contributed by atoms with E-state index >= 15 is 0 Å². The van der Waals surface area contributed by atoms with E-state index in [1.165, 1.54) is 11.8 Å². The quantitative estimate of drug-likeness (QED) is 0.372. The summed E-state index contributed by atoms with van der Waals surface area (Å²) in [5, 5.41) is 11.7. The summed E-state index contributed by atoms with van der Waals surface area (Å²) >= 11 is 0. The Morgan fingerprint density at radius 3 is 2.60 bits per heavy atom. The summed E-state index contributed by atoms with van der Waals surface area (Å²) in [7, 11) is 1.60. The fourth-order valence-corrected chi connectivity index (χ4v) is 8.04. The highest BCUT2D eigenvalue weighted by molar-refractivity contribution is 5.67. The monoisotopic (exact) mass is 584 g/mol. The molecule has 3 aromatic rings. The van der Waals surface area contributed by atoms with E-state index in [1.807, 2.05) is 42.9 Å². The van der Waals surface area contributed by atoms with Gasteiger partial charge >= 0.3 is 6.09 Å². The summed E-state index contributed by atoms with van der Waals surface area (Å²) in [6.45, 7) is 5.78. The van der Waals surface area contributed by atoms with Gasteiger partial charge in [0.2, 0.25) is 0 Å². The molecule has 3 atom stereocenters. The number of hydrogen-bond acceptors (Lipinski definition) is 6. The molecule has 9 heteroatoms. The molecule has 2 aromatic carbocycles. The fourth-order valence-electron chi connectivity index (χ4n) is 8.04. The average molecular weight is 585 g/mol. The Bertz CT molecular complexity index is 1410. The zero-order valence-corrected chi connectivity index (χ0v) is 24.9. The number of alkyl carbamates (subject to hydrolysis) is 1. The second-order valence-corrected chi connectivity index (χ2v) is 12.5. The summed E-state index contributed by atoms with van der Waals surface area (Å²) in [6, 6.07) is 17.2. The third-order valence-corrected chi connectivity index (χ3v) is 10.1. The second-order valence-electron chi connectivity index (χ2n) is 12.5. The molecule has 1 aromatic heterocycles. The Morgan fingerprint density at radius 2 is 1.93 bits per heavy atom. The zero-order valence-electron chi connectivity index (χ0n) is 24.9. The molecule has 8 nitrogen and oxygen atoms in total. The van der Waals surface area contributed by atoms with Crippen molar-refractivity contribution in [2.75, 3.05) is 44.7 Å². The van der Waals surface area contributed by atoms with E-state index < -0.39 is 11.5 Å². The van der Waals surface area contributed by atoms with Gasteiger partial charge in [-0.15, -0.1) is 0 Å². The van der Waals surface area contributed by atoms with Gasteiger partial charge in [-0.1, -0.05) is 12.1 Å². The number of carbonyl (C=O) groups is 1. The van der Waals surface area contributed by atoms with Gasteiger partial charge in [0.25, 0.3) is 0 Å². The van der Waals surface area contributed by atoms with Gasteiger partial charge < -0.3 is 24.4 Å². The van der Waals surface area contributed by atoms with E-state index in [9.17, 15) is 9.18 Å². The number of piperidine rings is 1. The molecule has 0 spiro atoms. The summed E-state index contributed by atoms with van der Waals surface area (Å²) in [5.41, 5.74) is 2.45. The zero-order chi connectivity index (χ0) is 29.8. The number of ether oxygens (including phenoxy) is 1. The minimum absolute atomic E-state index is 0.0677. The van der Waals surface area contributed by atoms with Crippen LogP contribution in [0.1, 0.15) is 43.2 Å². The van der Waals surface area contributed by atoms with Crippen molar-refractivity contribution >= 4 is 11.8 Å². The highest BCUT2D eigenvalue weighted by Gasteiger charge is 2.53. The molecule has 1 amide bonds. The van der Waals surface area contributed by atoms with Crippen LogP contribution in [0.2, 0.25) is 0 Å². The lowest BCUT2D eigenvalue weighted by atomic mass is 9.58. The number of carbonyl (C=O) groups excluding carboxylic acids is 1. The summed E-state index contributed by atoms with van der Waals surface area (Å²) in [6.07, 6.45) is 9.73. The lowest BCUT2D eigenvalue weighted by Gasteiger charge is -2.51. The number of aromatic nitrogens is 2. The van der Waals surface area contributed by atoms with Crippen molar-refractivity contribution in [3.63, 3.8) is 0 Å². The van der Waals surface area contributed by atoms with Crippen LogP contribution in [0.25, 0.3) is 0 Å². The highest BCUT2D eigenvalue weighted by Crippen LogP contribution is 2.52. The SMILES string of the molecule is CNC(=O)O[C@H]1CCC[C@@H]1C(Cn1ccnc1)(c1cccc(F)c1)C1CCN(CC2CN(c3ccc(C#N)cc3)C2)CC1. The lowest BCUT2D eigenvalue weighted by Crippen LogP contribution is -2.55. The van der Waals surface area contributed by atoms with Gasteiger partial charge in [0.1, 0.15) is 11.9 Å². The van der Waals surface area contributed by atoms with Crippen LogP contribution >= 0.6 is 0 Å². The first-order valence-corrected chi connectivity index (χ1v) is 15.6. The van der Waals surface area contributed by atoms with Crippen LogP contribution in [-0.2, 0) is 16.7 Å². The molecule has 0 radical (unpaired) electrons. The molecule has 2 saturated heterocycles. The van der Waals surface area contributed by atoms with Gasteiger partial charge in [-0.2, -0.15) is 5.26 Å². The normalized spacial score (nSPS) is 22.9. The van der Waals surface area contributed by atoms with Gasteiger partial charge in [-0.05, 0) is 93.1 Å². The molecular formula is C34H41FN6O2. The molecule has 3 aliphatic rings. The summed E-state index contributed by atoms with van der Waals surface area (Å²) in [4.78, 5) is 21.7. The molecule has 43 heavy (non-hydrogen) atoms. The molecule has 6 rings (SSSR count). The first-order chi connectivity index (χ1) is 21.0. The van der Waals surface area contributed by atoms with Crippen molar-refractivity contribution in [2.24, 2.45) is 17.8 Å². The Labute approximate surface area is 253 Å². The number of nitrogens with one attached hydrogen (secondary N) is 1. The maximum atomic E-state index is 14.9. The molecule has 3 heterocycles. The van der Waals surface area contributed by atoms with Crippen LogP contribution in [0, 0.1) is 34.9 Å². The lowest BCUT2D eigenvalue weighted by molar-refractivity contribution is 0.00191. The van der Waals surface area contributed by atoms with E-state index in [1.54, 1.807) is 19.3 Å². The van der Waals surface area contributed by atoms with E-state index in [4.69, 9.17) is 10.00 Å². The average Bonchev–Trinajstić information content (AvgIpc) is 3.70. The molecule has 3 fully saturated rings. The van der Waals surface area contributed by atoms with E-state index in [0.717, 1.165) is 70.4 Å². The molecule has 0 bridgehead atoms. The van der Waals surface area contributed by atoms with Gasteiger partial charge in [-0.25, -0.2) is 14.2 Å². The number of nitriles is 1. The maximum Gasteiger partial charge on any atom is 0.407 e. The predicted molar refractivity (Wildman–Crippen MR) is 163 cm³/mol. The number of anilines is 1. The van der Waals surface area contributed by atoms with Gasteiger partial charge in [-0.3, -0.25) is 0 Å². The molecule has 1 saturated carbocycles. The molecule has 2 aliphatic heterocycles. The number of halogens is 1. The second kappa shape index (κ2) is 12.8. The Morgan fingerprint density at radius 1 is 1.14 bits per heavy atom. The van der Waals surface area contributed by atoms with Crippen LogP contribution in [-0.4, -0.2) is 66.4 Å².